The molecule has 1 aliphatic rings. The van der Waals surface area contributed by atoms with E-state index in [0.717, 1.165) is 32.1 Å². The lowest BCUT2D eigenvalue weighted by atomic mass is 10.2. The molecular formula is C16H15BrINO. The molecule has 0 saturated heterocycles. The molecule has 0 aromatic heterocycles. The minimum atomic E-state index is 0.726. The van der Waals surface area contributed by atoms with Crippen LogP contribution in [0.25, 0.3) is 0 Å². The fourth-order valence-corrected chi connectivity index (χ4v) is 2.93. The van der Waals surface area contributed by atoms with Crippen LogP contribution in [0.15, 0.2) is 46.9 Å². The number of hydrogen-bond donors (Lipinski definition) is 1. The van der Waals surface area contributed by atoms with Crippen molar-refractivity contribution in [3.05, 3.63) is 56.1 Å². The third-order valence-electron chi connectivity index (χ3n) is 3.25. The number of hydrogen-bond acceptors (Lipinski definition) is 2. The van der Waals surface area contributed by atoms with E-state index in [1.54, 1.807) is 0 Å². The van der Waals surface area contributed by atoms with Gasteiger partial charge in [0.1, 0.15) is 11.5 Å². The van der Waals surface area contributed by atoms with E-state index < -0.39 is 0 Å². The zero-order chi connectivity index (χ0) is 13.9. The highest BCUT2D eigenvalue weighted by molar-refractivity contribution is 14.1. The van der Waals surface area contributed by atoms with Crippen LogP contribution in [0.2, 0.25) is 0 Å². The van der Waals surface area contributed by atoms with Crippen molar-refractivity contribution < 1.29 is 4.74 Å². The summed E-state index contributed by atoms with van der Waals surface area (Å²) in [7, 11) is 0. The maximum atomic E-state index is 5.92. The summed E-state index contributed by atoms with van der Waals surface area (Å²) >= 11 is 5.91. The van der Waals surface area contributed by atoms with Crippen molar-refractivity contribution in [3.63, 3.8) is 0 Å². The van der Waals surface area contributed by atoms with Crippen LogP contribution in [0.1, 0.15) is 18.4 Å². The van der Waals surface area contributed by atoms with Crippen molar-refractivity contribution in [2.75, 3.05) is 0 Å². The van der Waals surface area contributed by atoms with Crippen molar-refractivity contribution >= 4 is 38.5 Å². The third-order valence-corrected chi connectivity index (χ3v) is 4.88. The van der Waals surface area contributed by atoms with Gasteiger partial charge in [0, 0.05) is 17.1 Å². The molecule has 2 aromatic carbocycles. The number of para-hydroxylation sites is 1. The Morgan fingerprint density at radius 1 is 1.20 bits per heavy atom. The molecule has 0 heterocycles. The Morgan fingerprint density at radius 3 is 2.70 bits per heavy atom. The number of ether oxygens (including phenoxy) is 1. The van der Waals surface area contributed by atoms with E-state index in [1.807, 2.05) is 36.4 Å². The molecule has 4 heteroatoms. The van der Waals surface area contributed by atoms with Gasteiger partial charge in [-0.2, -0.15) is 0 Å². The highest BCUT2D eigenvalue weighted by Crippen LogP contribution is 2.30. The molecule has 0 unspecified atom stereocenters. The molecule has 0 radical (unpaired) electrons. The average molecular weight is 444 g/mol. The van der Waals surface area contributed by atoms with Gasteiger partial charge in [-0.25, -0.2) is 0 Å². The standard InChI is InChI=1S/C16H15BrINO/c17-14-9-13(20-16-4-2-1-3-15(16)18)8-5-11(14)10-19-12-6-7-12/h1-5,8-9,12,19H,6-7,10H2. The minimum Gasteiger partial charge on any atom is -0.456 e. The van der Waals surface area contributed by atoms with E-state index in [9.17, 15) is 0 Å². The van der Waals surface area contributed by atoms with E-state index in [2.05, 4.69) is 49.9 Å². The lowest BCUT2D eigenvalue weighted by Gasteiger charge is -2.10. The van der Waals surface area contributed by atoms with Crippen LogP contribution >= 0.6 is 38.5 Å². The molecule has 20 heavy (non-hydrogen) atoms. The summed E-state index contributed by atoms with van der Waals surface area (Å²) in [6.45, 7) is 0.911. The van der Waals surface area contributed by atoms with Crippen LogP contribution in [-0.4, -0.2) is 6.04 Å². The van der Waals surface area contributed by atoms with E-state index in [0.29, 0.717) is 0 Å². The Kier molecular flexibility index (Phi) is 4.63. The van der Waals surface area contributed by atoms with Crippen LogP contribution < -0.4 is 10.1 Å². The molecule has 3 rings (SSSR count). The summed E-state index contributed by atoms with van der Waals surface area (Å²) in [5.41, 5.74) is 1.27. The van der Waals surface area contributed by atoms with Crippen LogP contribution in [0.4, 0.5) is 0 Å². The van der Waals surface area contributed by atoms with Gasteiger partial charge >= 0.3 is 0 Å². The van der Waals surface area contributed by atoms with Gasteiger partial charge in [-0.3, -0.25) is 0 Å². The summed E-state index contributed by atoms with van der Waals surface area (Å²) in [4.78, 5) is 0. The molecule has 1 fully saturated rings. The SMILES string of the molecule is Brc1cc(Oc2ccccc2I)ccc1CNC1CC1. The summed E-state index contributed by atoms with van der Waals surface area (Å²) in [6.07, 6.45) is 2.62. The van der Waals surface area contributed by atoms with Crippen molar-refractivity contribution in [1.82, 2.24) is 5.32 Å². The number of halogens is 2. The summed E-state index contributed by atoms with van der Waals surface area (Å²) in [5, 5.41) is 3.52. The summed E-state index contributed by atoms with van der Waals surface area (Å²) in [6, 6.07) is 14.9. The Labute approximate surface area is 141 Å². The quantitative estimate of drug-likeness (QED) is 0.649. The molecule has 1 saturated carbocycles. The van der Waals surface area contributed by atoms with Crippen molar-refractivity contribution in [3.8, 4) is 11.5 Å². The molecule has 1 N–H and O–H groups in total. The number of nitrogens with one attached hydrogen (secondary N) is 1. The zero-order valence-electron chi connectivity index (χ0n) is 10.9. The smallest absolute Gasteiger partial charge is 0.140 e. The lowest BCUT2D eigenvalue weighted by molar-refractivity contribution is 0.478. The van der Waals surface area contributed by atoms with Gasteiger partial charge in [0.25, 0.3) is 0 Å². The predicted molar refractivity (Wildman–Crippen MR) is 93.2 cm³/mol. The molecular weight excluding hydrogens is 429 g/mol. The van der Waals surface area contributed by atoms with Crippen LogP contribution in [0.3, 0.4) is 0 Å². The average Bonchev–Trinajstić information content (AvgIpc) is 3.25. The summed E-state index contributed by atoms with van der Waals surface area (Å²) in [5.74, 6) is 1.75. The van der Waals surface area contributed by atoms with Gasteiger partial charge in [0.2, 0.25) is 0 Å². The lowest BCUT2D eigenvalue weighted by Crippen LogP contribution is -2.15. The number of benzene rings is 2. The van der Waals surface area contributed by atoms with Gasteiger partial charge in [0.05, 0.1) is 3.57 Å². The first-order chi connectivity index (χ1) is 9.72. The maximum absolute atomic E-state index is 5.92. The van der Waals surface area contributed by atoms with Crippen LogP contribution in [-0.2, 0) is 6.54 Å². The fraction of sp³-hybridized carbons (Fsp3) is 0.250. The Bertz CT molecular complexity index is 613. The van der Waals surface area contributed by atoms with Gasteiger partial charge in [-0.1, -0.05) is 34.1 Å². The monoisotopic (exact) mass is 443 g/mol. The molecule has 0 bridgehead atoms. The van der Waals surface area contributed by atoms with Gasteiger partial charge < -0.3 is 10.1 Å². The van der Waals surface area contributed by atoms with Crippen molar-refractivity contribution in [1.29, 1.82) is 0 Å². The first kappa shape index (κ1) is 14.4. The summed E-state index contributed by atoms with van der Waals surface area (Å²) < 4.78 is 8.13. The van der Waals surface area contributed by atoms with Crippen molar-refractivity contribution in [2.45, 2.75) is 25.4 Å². The molecule has 104 valence electrons. The third kappa shape index (κ3) is 3.74. The van der Waals surface area contributed by atoms with E-state index >= 15 is 0 Å². The molecule has 0 atom stereocenters. The second-order valence-corrected chi connectivity index (χ2v) is 6.96. The van der Waals surface area contributed by atoms with Crippen LogP contribution in [0, 0.1) is 3.57 Å². The molecule has 2 aromatic rings. The van der Waals surface area contributed by atoms with Gasteiger partial charge in [-0.15, -0.1) is 0 Å². The number of rotatable bonds is 5. The van der Waals surface area contributed by atoms with Gasteiger partial charge in [-0.05, 0) is 65.3 Å². The molecule has 2 nitrogen and oxygen atoms in total. The van der Waals surface area contributed by atoms with E-state index in [1.165, 1.54) is 18.4 Å². The topological polar surface area (TPSA) is 21.3 Å². The fourth-order valence-electron chi connectivity index (χ4n) is 1.93. The normalized spacial score (nSPS) is 14.3. The largest absolute Gasteiger partial charge is 0.456 e. The van der Waals surface area contributed by atoms with E-state index in [4.69, 9.17) is 4.74 Å². The molecule has 0 aliphatic heterocycles. The second kappa shape index (κ2) is 6.45. The Morgan fingerprint density at radius 2 is 2.00 bits per heavy atom. The Hall–Kier alpha value is -0.590. The second-order valence-electron chi connectivity index (χ2n) is 4.94. The molecule has 1 aliphatic carbocycles. The van der Waals surface area contributed by atoms with Crippen molar-refractivity contribution in [2.24, 2.45) is 0 Å². The zero-order valence-corrected chi connectivity index (χ0v) is 14.6. The van der Waals surface area contributed by atoms with E-state index in [-0.39, 0.29) is 0 Å². The molecule has 0 amide bonds. The highest BCUT2D eigenvalue weighted by Gasteiger charge is 2.20. The van der Waals surface area contributed by atoms with Crippen LogP contribution in [0.5, 0.6) is 11.5 Å². The first-order valence-corrected chi connectivity index (χ1v) is 8.54. The Balaban J connectivity index is 1.71. The minimum absolute atomic E-state index is 0.726. The predicted octanol–water partition coefficient (Wildman–Crippen LogP) is 5.10. The molecule has 0 spiro atoms. The first-order valence-electron chi connectivity index (χ1n) is 6.66. The van der Waals surface area contributed by atoms with Gasteiger partial charge in [0.15, 0.2) is 0 Å². The highest BCUT2D eigenvalue weighted by atomic mass is 127. The maximum Gasteiger partial charge on any atom is 0.140 e.